The molecule has 2 aromatic rings. The highest BCUT2D eigenvalue weighted by Gasteiger charge is 2.34. The van der Waals surface area contributed by atoms with Gasteiger partial charge in [0.1, 0.15) is 42.0 Å². The molecule has 8 amide bonds. The van der Waals surface area contributed by atoms with Crippen LogP contribution in [0.2, 0.25) is 0 Å². The summed E-state index contributed by atoms with van der Waals surface area (Å²) >= 11 is 0. The first-order valence-corrected chi connectivity index (χ1v) is 23.4. The molecule has 71 heavy (non-hydrogen) atoms. The van der Waals surface area contributed by atoms with Gasteiger partial charge in [0.15, 0.2) is 5.96 Å². The molecule has 1 heterocycles. The Morgan fingerprint density at radius 2 is 1.27 bits per heavy atom. The number of imidazole rings is 1. The lowest BCUT2D eigenvalue weighted by Crippen LogP contribution is -2.60. The van der Waals surface area contributed by atoms with Crippen molar-refractivity contribution in [3.05, 3.63) is 48.0 Å². The molecule has 0 spiro atoms. The van der Waals surface area contributed by atoms with E-state index in [1.165, 1.54) is 36.8 Å². The van der Waals surface area contributed by atoms with Crippen LogP contribution in [-0.2, 0) is 56.0 Å². The van der Waals surface area contributed by atoms with E-state index < -0.39 is 108 Å². The second kappa shape index (κ2) is 31.0. The number of carbonyl (C=O) groups excluding carboxylic acids is 8. The number of aliphatic carboxylic acids is 1. The van der Waals surface area contributed by atoms with Crippen LogP contribution in [0.15, 0.2) is 41.8 Å². The summed E-state index contributed by atoms with van der Waals surface area (Å²) in [5.41, 5.74) is 29.0. The first-order chi connectivity index (χ1) is 33.5. The summed E-state index contributed by atoms with van der Waals surface area (Å²) in [6.45, 7) is 7.03. The number of carboxylic acids is 1. The van der Waals surface area contributed by atoms with Gasteiger partial charge in [-0.25, -0.2) is 4.98 Å². The van der Waals surface area contributed by atoms with E-state index >= 15 is 0 Å². The van der Waals surface area contributed by atoms with Crippen LogP contribution in [0.5, 0.6) is 5.75 Å². The van der Waals surface area contributed by atoms with Gasteiger partial charge in [-0.2, -0.15) is 0 Å². The Morgan fingerprint density at radius 1 is 0.704 bits per heavy atom. The number of carbonyl (C=O) groups is 9. The molecular weight excluding hydrogens is 927 g/mol. The Morgan fingerprint density at radius 3 is 1.83 bits per heavy atom. The van der Waals surface area contributed by atoms with Gasteiger partial charge in [0.05, 0.1) is 25.3 Å². The fourth-order valence-electron chi connectivity index (χ4n) is 6.95. The average Bonchev–Trinajstić information content (AvgIpc) is 3.83. The summed E-state index contributed by atoms with van der Waals surface area (Å²) in [6, 6.07) is -3.75. The van der Waals surface area contributed by atoms with Crippen molar-refractivity contribution in [2.24, 2.45) is 45.5 Å². The molecule has 1 aromatic heterocycles. The van der Waals surface area contributed by atoms with Gasteiger partial charge >= 0.3 is 5.97 Å². The molecule has 0 saturated carbocycles. The predicted octanol–water partition coefficient (Wildman–Crippen LogP) is -3.51. The number of amides is 8. The van der Waals surface area contributed by atoms with Crippen LogP contribution in [0.1, 0.15) is 90.3 Å². The summed E-state index contributed by atoms with van der Waals surface area (Å²) in [5, 5.41) is 37.2. The van der Waals surface area contributed by atoms with Crippen molar-refractivity contribution >= 4 is 59.2 Å². The predicted molar refractivity (Wildman–Crippen MR) is 260 cm³/mol. The number of nitrogens with two attached hydrogens (primary N) is 5. The number of nitrogens with zero attached hydrogens (tertiary/aromatic N) is 2. The number of unbranched alkanes of at least 4 members (excludes halogenated alkanes) is 1. The van der Waals surface area contributed by atoms with Crippen LogP contribution >= 0.6 is 0 Å². The van der Waals surface area contributed by atoms with E-state index in [1.807, 2.05) is 20.8 Å². The Labute approximate surface area is 412 Å². The molecule has 26 heteroatoms. The van der Waals surface area contributed by atoms with Gasteiger partial charge in [0.25, 0.3) is 0 Å². The molecule has 0 aliphatic rings. The van der Waals surface area contributed by atoms with Gasteiger partial charge in [-0.15, -0.1) is 0 Å². The molecule has 0 fully saturated rings. The standard InChI is InChI=1S/C45H73N15O11/c1-5-25(4)37(47)44(71)60-31(17-24(2)3)39(66)53-22-35(62)55-33(19-27-21-51-23-54-27)42(69)57-30(10-8-16-52-45(49)50)40(67)59-34(20-36(63)64)43(70)58-32(18-26-11-13-28(61)14-12-26)41(68)56-29(38(48)65)9-6-7-15-46/h11-14,21,23-25,29-34,37,61H,5-10,15-20,22,46-47H2,1-4H3,(H2,48,65)(H,51,54)(H,53,66)(H,55,62)(H,56,68)(H,57,69)(H,58,70)(H,59,67)(H,60,71)(H,63,64)(H4,49,50,52)/t25-,29-,30-,31-,32-,33-,34-,37-/m0/s1. The number of guanidine groups is 1. The summed E-state index contributed by atoms with van der Waals surface area (Å²) in [6.07, 6.45) is 3.09. The van der Waals surface area contributed by atoms with Crippen molar-refractivity contribution in [3.8, 4) is 5.75 Å². The molecule has 0 radical (unpaired) electrons. The first kappa shape index (κ1) is 59.8. The number of nitrogens with one attached hydrogen (secondary N) is 8. The summed E-state index contributed by atoms with van der Waals surface area (Å²) in [4.78, 5) is 131. The van der Waals surface area contributed by atoms with Crippen molar-refractivity contribution in [1.29, 1.82) is 0 Å². The van der Waals surface area contributed by atoms with Crippen molar-refractivity contribution in [2.45, 2.75) is 134 Å². The van der Waals surface area contributed by atoms with E-state index in [1.54, 1.807) is 6.92 Å². The molecule has 0 unspecified atom stereocenters. The summed E-state index contributed by atoms with van der Waals surface area (Å²) < 4.78 is 0. The zero-order chi connectivity index (χ0) is 53.2. The van der Waals surface area contributed by atoms with Crippen LogP contribution in [0.4, 0.5) is 0 Å². The fourth-order valence-corrected chi connectivity index (χ4v) is 6.95. The molecule has 20 N–H and O–H groups in total. The van der Waals surface area contributed by atoms with Crippen LogP contribution in [0.3, 0.4) is 0 Å². The third kappa shape index (κ3) is 22.7. The highest BCUT2D eigenvalue weighted by Crippen LogP contribution is 2.14. The summed E-state index contributed by atoms with van der Waals surface area (Å²) in [7, 11) is 0. The summed E-state index contributed by atoms with van der Waals surface area (Å²) in [5.74, 6) is -8.98. The molecule has 0 bridgehead atoms. The maximum Gasteiger partial charge on any atom is 0.305 e. The highest BCUT2D eigenvalue weighted by molar-refractivity contribution is 5.98. The number of aliphatic imine (C=N–C) groups is 1. The van der Waals surface area contributed by atoms with Gasteiger partial charge in [0, 0.05) is 31.3 Å². The second-order valence-electron chi connectivity index (χ2n) is 17.6. The molecular formula is C45H73N15O11. The van der Waals surface area contributed by atoms with E-state index in [0.717, 1.165) is 0 Å². The number of primary amides is 1. The molecule has 0 aliphatic heterocycles. The zero-order valence-electron chi connectivity index (χ0n) is 40.7. The minimum Gasteiger partial charge on any atom is -0.508 e. The molecule has 0 saturated heterocycles. The van der Waals surface area contributed by atoms with E-state index in [9.17, 15) is 53.4 Å². The van der Waals surface area contributed by atoms with Gasteiger partial charge in [-0.1, -0.05) is 46.2 Å². The van der Waals surface area contributed by atoms with Crippen LogP contribution < -0.4 is 65.9 Å². The number of aromatic nitrogens is 2. The minimum absolute atomic E-state index is 0.0244. The SMILES string of the molecule is CC[C@H](C)[C@H](N)C(=O)N[C@@H](CC(C)C)C(=O)NCC(=O)N[C@@H](Cc1cnc[nH]1)C(=O)N[C@@H](CCCN=C(N)N)C(=O)N[C@@H](CC(=O)O)C(=O)N[C@@H](Cc1ccc(O)cc1)C(=O)N[C@@H](CCCCN)C(N)=O. The zero-order valence-corrected chi connectivity index (χ0v) is 40.7. The fraction of sp³-hybridized carbons (Fsp3) is 0.578. The number of carboxylic acid groups (broad SMARTS) is 1. The number of benzene rings is 1. The van der Waals surface area contributed by atoms with Crippen LogP contribution in [-0.4, -0.2) is 141 Å². The topological polar surface area (TPSA) is 449 Å². The minimum atomic E-state index is -1.86. The van der Waals surface area contributed by atoms with Gasteiger partial charge < -0.3 is 81.1 Å². The molecule has 0 aliphatic carbocycles. The molecule has 394 valence electrons. The van der Waals surface area contributed by atoms with Gasteiger partial charge in [-0.05, 0) is 74.6 Å². The quantitative estimate of drug-likeness (QED) is 0.0187. The maximum absolute atomic E-state index is 14.1. The Hall–Kier alpha value is -7.35. The van der Waals surface area contributed by atoms with Crippen LogP contribution in [0, 0.1) is 11.8 Å². The molecule has 2 rings (SSSR count). The normalized spacial score (nSPS) is 14.4. The smallest absolute Gasteiger partial charge is 0.305 e. The molecule has 26 nitrogen and oxygen atoms in total. The van der Waals surface area contributed by atoms with E-state index in [-0.39, 0.29) is 68.6 Å². The largest absolute Gasteiger partial charge is 0.508 e. The second-order valence-corrected chi connectivity index (χ2v) is 17.6. The Bertz CT molecular complexity index is 2100. The number of H-pyrrole nitrogens is 1. The van der Waals surface area contributed by atoms with Crippen molar-refractivity contribution in [1.82, 2.24) is 47.2 Å². The average molecular weight is 1000 g/mol. The van der Waals surface area contributed by atoms with Crippen molar-refractivity contribution < 1.29 is 53.4 Å². The Kier molecular flexibility index (Phi) is 26.1. The van der Waals surface area contributed by atoms with E-state index in [2.05, 4.69) is 52.2 Å². The van der Waals surface area contributed by atoms with Gasteiger partial charge in [0.2, 0.25) is 47.3 Å². The lowest BCUT2D eigenvalue weighted by molar-refractivity contribution is -0.141. The third-order valence-electron chi connectivity index (χ3n) is 11.2. The number of phenolic OH excluding ortho intramolecular Hbond substituents is 1. The van der Waals surface area contributed by atoms with E-state index in [4.69, 9.17) is 28.7 Å². The highest BCUT2D eigenvalue weighted by atomic mass is 16.4. The molecule has 1 aromatic carbocycles. The lowest BCUT2D eigenvalue weighted by Gasteiger charge is -2.27. The van der Waals surface area contributed by atoms with E-state index in [0.29, 0.717) is 37.1 Å². The lowest BCUT2D eigenvalue weighted by atomic mass is 9.97. The van der Waals surface area contributed by atoms with Crippen molar-refractivity contribution in [2.75, 3.05) is 19.6 Å². The first-order valence-electron chi connectivity index (χ1n) is 23.4. The number of hydrogen-bond donors (Lipinski definition) is 15. The Balaban J connectivity index is 2.41. The number of phenols is 1. The molecule has 8 atom stereocenters. The number of rotatable bonds is 33. The third-order valence-corrected chi connectivity index (χ3v) is 11.2. The monoisotopic (exact) mass is 1000 g/mol. The van der Waals surface area contributed by atoms with Crippen LogP contribution in [0.25, 0.3) is 0 Å². The number of aromatic amines is 1. The number of aromatic hydroxyl groups is 1. The van der Waals surface area contributed by atoms with Crippen molar-refractivity contribution in [3.63, 3.8) is 0 Å². The van der Waals surface area contributed by atoms with Gasteiger partial charge in [-0.3, -0.25) is 48.1 Å². The maximum atomic E-state index is 14.1. The number of hydrogen-bond acceptors (Lipinski definition) is 14.